The first kappa shape index (κ1) is 17.4. The maximum atomic E-state index is 13.7. The van der Waals surface area contributed by atoms with Crippen LogP contribution in [0.3, 0.4) is 0 Å². The summed E-state index contributed by atoms with van der Waals surface area (Å²) >= 11 is 3.28. The number of aromatic nitrogens is 2. The number of halogens is 2. The first-order valence-corrected chi connectivity index (χ1v) is 7.97. The van der Waals surface area contributed by atoms with Crippen LogP contribution in [0.15, 0.2) is 34.8 Å². The molecule has 0 aliphatic rings. The molecular formula is C17H19BrFN3O. The molecule has 122 valence electrons. The maximum absolute atomic E-state index is 13.7. The molecule has 1 heterocycles. The first-order valence-electron chi connectivity index (χ1n) is 7.18. The summed E-state index contributed by atoms with van der Waals surface area (Å²) in [6.45, 7) is 7.87. The fourth-order valence-electron chi connectivity index (χ4n) is 2.08. The van der Waals surface area contributed by atoms with Crippen LogP contribution in [0, 0.1) is 12.7 Å². The van der Waals surface area contributed by atoms with Crippen LogP contribution >= 0.6 is 15.9 Å². The topological polar surface area (TPSA) is 46.9 Å². The standard InChI is InChI=1S/C17H19BrFN3O/c1-11-9-15(22(21-11)17(2,3)4)20-16(23)8-5-12-10-13(18)6-7-14(12)19/h5-10H,1-4H3,(H,20,23)/b8-5+. The van der Waals surface area contributed by atoms with Crippen molar-refractivity contribution in [3.8, 4) is 0 Å². The van der Waals surface area contributed by atoms with Gasteiger partial charge in [-0.25, -0.2) is 9.07 Å². The van der Waals surface area contributed by atoms with E-state index in [0.29, 0.717) is 11.4 Å². The number of rotatable bonds is 3. The fourth-order valence-corrected chi connectivity index (χ4v) is 2.45. The Balaban J connectivity index is 2.17. The number of nitrogens with one attached hydrogen (secondary N) is 1. The van der Waals surface area contributed by atoms with Gasteiger partial charge >= 0.3 is 0 Å². The minimum Gasteiger partial charge on any atom is -0.307 e. The third-order valence-corrected chi connectivity index (χ3v) is 3.58. The monoisotopic (exact) mass is 379 g/mol. The molecule has 23 heavy (non-hydrogen) atoms. The molecule has 0 bridgehead atoms. The normalized spacial score (nSPS) is 11.9. The molecule has 0 aliphatic carbocycles. The van der Waals surface area contributed by atoms with Gasteiger partial charge in [0.25, 0.3) is 0 Å². The van der Waals surface area contributed by atoms with Crippen LogP contribution < -0.4 is 5.32 Å². The Bertz CT molecular complexity index is 760. The Hall–Kier alpha value is -1.95. The fraction of sp³-hybridized carbons (Fsp3) is 0.294. The van der Waals surface area contributed by atoms with Gasteiger partial charge in [0.05, 0.1) is 11.2 Å². The highest BCUT2D eigenvalue weighted by atomic mass is 79.9. The van der Waals surface area contributed by atoms with Crippen molar-refractivity contribution in [3.05, 3.63) is 51.9 Å². The van der Waals surface area contributed by atoms with Gasteiger partial charge in [-0.05, 0) is 52.0 Å². The summed E-state index contributed by atoms with van der Waals surface area (Å²) in [5.41, 5.74) is 0.907. The number of anilines is 1. The number of nitrogens with zero attached hydrogens (tertiary/aromatic N) is 2. The summed E-state index contributed by atoms with van der Waals surface area (Å²) < 4.78 is 16.2. The number of carbonyl (C=O) groups excluding carboxylic acids is 1. The van der Waals surface area contributed by atoms with Gasteiger partial charge < -0.3 is 5.32 Å². The highest BCUT2D eigenvalue weighted by Gasteiger charge is 2.19. The lowest BCUT2D eigenvalue weighted by Gasteiger charge is -2.22. The van der Waals surface area contributed by atoms with E-state index in [1.165, 1.54) is 18.2 Å². The second kappa shape index (κ2) is 6.66. The largest absolute Gasteiger partial charge is 0.307 e. The van der Waals surface area contributed by atoms with E-state index in [1.54, 1.807) is 22.9 Å². The lowest BCUT2D eigenvalue weighted by molar-refractivity contribution is -0.111. The third-order valence-electron chi connectivity index (χ3n) is 3.09. The van der Waals surface area contributed by atoms with E-state index in [4.69, 9.17) is 0 Å². The number of carbonyl (C=O) groups is 1. The molecular weight excluding hydrogens is 361 g/mol. The molecule has 0 fully saturated rings. The molecule has 0 saturated heterocycles. The molecule has 4 nitrogen and oxygen atoms in total. The Morgan fingerprint density at radius 3 is 2.70 bits per heavy atom. The average Bonchev–Trinajstić information content (AvgIpc) is 2.80. The number of amides is 1. The minimum atomic E-state index is -0.382. The second-order valence-electron chi connectivity index (χ2n) is 6.24. The summed E-state index contributed by atoms with van der Waals surface area (Å²) in [5, 5.41) is 7.17. The molecule has 1 aromatic carbocycles. The van der Waals surface area contributed by atoms with Gasteiger partial charge in [0.1, 0.15) is 11.6 Å². The molecule has 0 aliphatic heterocycles. The number of aryl methyl sites for hydroxylation is 1. The summed E-state index contributed by atoms with van der Waals surface area (Å²) in [7, 11) is 0. The Kier molecular flexibility index (Phi) is 5.04. The van der Waals surface area contributed by atoms with Crippen molar-refractivity contribution < 1.29 is 9.18 Å². The van der Waals surface area contributed by atoms with Crippen LogP contribution in [0.1, 0.15) is 32.0 Å². The number of hydrogen-bond acceptors (Lipinski definition) is 2. The van der Waals surface area contributed by atoms with Crippen molar-refractivity contribution in [2.24, 2.45) is 0 Å². The lowest BCUT2D eigenvalue weighted by Crippen LogP contribution is -2.26. The maximum Gasteiger partial charge on any atom is 0.249 e. The van der Waals surface area contributed by atoms with Gasteiger partial charge in [-0.3, -0.25) is 4.79 Å². The van der Waals surface area contributed by atoms with E-state index in [1.807, 2.05) is 27.7 Å². The molecule has 1 aromatic heterocycles. The molecule has 1 N–H and O–H groups in total. The summed E-state index contributed by atoms with van der Waals surface area (Å²) in [6, 6.07) is 6.37. The smallest absolute Gasteiger partial charge is 0.249 e. The van der Waals surface area contributed by atoms with Crippen molar-refractivity contribution in [1.29, 1.82) is 0 Å². The Morgan fingerprint density at radius 1 is 1.35 bits per heavy atom. The molecule has 0 atom stereocenters. The van der Waals surface area contributed by atoms with Gasteiger partial charge in [0, 0.05) is 22.2 Å². The Labute approximate surface area is 143 Å². The van der Waals surface area contributed by atoms with Crippen LogP contribution in [0.5, 0.6) is 0 Å². The summed E-state index contributed by atoms with van der Waals surface area (Å²) in [5.74, 6) is -0.109. The molecule has 0 spiro atoms. The van der Waals surface area contributed by atoms with Crippen LogP contribution in [0.2, 0.25) is 0 Å². The minimum absolute atomic E-state index is 0.253. The van der Waals surface area contributed by atoms with Crippen molar-refractivity contribution in [3.63, 3.8) is 0 Å². The number of hydrogen-bond donors (Lipinski definition) is 1. The molecule has 6 heteroatoms. The summed E-state index contributed by atoms with van der Waals surface area (Å²) in [4.78, 5) is 12.1. The molecule has 0 unspecified atom stereocenters. The van der Waals surface area contributed by atoms with E-state index in [9.17, 15) is 9.18 Å². The third kappa shape index (κ3) is 4.51. The predicted molar refractivity (Wildman–Crippen MR) is 93.7 cm³/mol. The van der Waals surface area contributed by atoms with Gasteiger partial charge in [-0.2, -0.15) is 5.10 Å². The van der Waals surface area contributed by atoms with E-state index in [2.05, 4.69) is 26.3 Å². The highest BCUT2D eigenvalue weighted by Crippen LogP contribution is 2.21. The predicted octanol–water partition coefficient (Wildman–Crippen LogP) is 4.50. The van der Waals surface area contributed by atoms with Gasteiger partial charge in [-0.15, -0.1) is 0 Å². The van der Waals surface area contributed by atoms with E-state index in [0.717, 1.165) is 10.2 Å². The Morgan fingerprint density at radius 2 is 2.04 bits per heavy atom. The zero-order valence-electron chi connectivity index (χ0n) is 13.5. The zero-order chi connectivity index (χ0) is 17.2. The van der Waals surface area contributed by atoms with E-state index >= 15 is 0 Å². The van der Waals surface area contributed by atoms with Gasteiger partial charge in [-0.1, -0.05) is 15.9 Å². The van der Waals surface area contributed by atoms with Crippen molar-refractivity contribution >= 4 is 33.7 Å². The zero-order valence-corrected chi connectivity index (χ0v) is 15.1. The van der Waals surface area contributed by atoms with E-state index < -0.39 is 0 Å². The van der Waals surface area contributed by atoms with Gasteiger partial charge in [0.2, 0.25) is 5.91 Å². The highest BCUT2D eigenvalue weighted by molar-refractivity contribution is 9.10. The molecule has 2 rings (SSSR count). The van der Waals surface area contributed by atoms with Gasteiger partial charge in [0.15, 0.2) is 0 Å². The first-order chi connectivity index (χ1) is 10.7. The lowest BCUT2D eigenvalue weighted by atomic mass is 10.1. The number of benzene rings is 1. The molecule has 1 amide bonds. The van der Waals surface area contributed by atoms with Crippen LogP contribution in [-0.2, 0) is 10.3 Å². The van der Waals surface area contributed by atoms with Crippen LogP contribution in [0.25, 0.3) is 6.08 Å². The second-order valence-corrected chi connectivity index (χ2v) is 7.16. The van der Waals surface area contributed by atoms with Crippen LogP contribution in [0.4, 0.5) is 10.2 Å². The molecule has 0 saturated carbocycles. The average molecular weight is 380 g/mol. The van der Waals surface area contributed by atoms with Crippen LogP contribution in [-0.4, -0.2) is 15.7 Å². The molecule has 2 aromatic rings. The van der Waals surface area contributed by atoms with Crippen molar-refractivity contribution in [1.82, 2.24) is 9.78 Å². The molecule has 0 radical (unpaired) electrons. The van der Waals surface area contributed by atoms with Crippen molar-refractivity contribution in [2.75, 3.05) is 5.32 Å². The SMILES string of the molecule is Cc1cc(NC(=O)/C=C/c2cc(Br)ccc2F)n(C(C)(C)C)n1. The van der Waals surface area contributed by atoms with Crippen molar-refractivity contribution in [2.45, 2.75) is 33.2 Å². The quantitative estimate of drug-likeness (QED) is 0.797. The summed E-state index contributed by atoms with van der Waals surface area (Å²) in [6.07, 6.45) is 2.75. The van der Waals surface area contributed by atoms with E-state index in [-0.39, 0.29) is 17.3 Å².